The average Bonchev–Trinajstić information content (AvgIpc) is 2.49. The van der Waals surface area contributed by atoms with E-state index in [4.69, 9.17) is 4.74 Å². The highest BCUT2D eigenvalue weighted by molar-refractivity contribution is 5.84. The van der Waals surface area contributed by atoms with E-state index in [9.17, 15) is 14.7 Å². The van der Waals surface area contributed by atoms with Crippen LogP contribution in [0.5, 0.6) is 0 Å². The molecule has 0 bridgehead atoms. The van der Waals surface area contributed by atoms with E-state index in [1.165, 1.54) is 4.90 Å². The van der Waals surface area contributed by atoms with Crippen LogP contribution >= 0.6 is 0 Å². The zero-order valence-corrected chi connectivity index (χ0v) is 13.9. The van der Waals surface area contributed by atoms with Crippen molar-refractivity contribution in [2.45, 2.75) is 32.4 Å². The molecule has 1 saturated heterocycles. The summed E-state index contributed by atoms with van der Waals surface area (Å²) in [4.78, 5) is 27.5. The summed E-state index contributed by atoms with van der Waals surface area (Å²) in [6.45, 7) is 5.96. The minimum absolute atomic E-state index is 0.0295. The number of piperazine rings is 1. The quantitative estimate of drug-likeness (QED) is 0.922. The lowest BCUT2D eigenvalue weighted by molar-refractivity contribution is -0.139. The molecule has 23 heavy (non-hydrogen) atoms. The normalized spacial score (nSPS) is 17.1. The highest BCUT2D eigenvalue weighted by atomic mass is 16.6. The van der Waals surface area contributed by atoms with Crippen molar-refractivity contribution in [2.24, 2.45) is 0 Å². The number of hydrogen-bond acceptors (Lipinski definition) is 4. The van der Waals surface area contributed by atoms with Gasteiger partial charge < -0.3 is 14.7 Å². The lowest BCUT2D eigenvalue weighted by atomic mass is 10.1. The Labute approximate surface area is 136 Å². The van der Waals surface area contributed by atoms with E-state index in [2.05, 4.69) is 0 Å². The molecule has 0 radical (unpaired) electrons. The van der Waals surface area contributed by atoms with Gasteiger partial charge in [0, 0.05) is 13.1 Å². The van der Waals surface area contributed by atoms with Crippen molar-refractivity contribution in [2.75, 3.05) is 26.2 Å². The summed E-state index contributed by atoms with van der Waals surface area (Å²) in [6.07, 6.45) is -0.481. The third-order valence-corrected chi connectivity index (χ3v) is 3.64. The molecular formula is C17H24N2O4. The topological polar surface area (TPSA) is 70.1 Å². The summed E-state index contributed by atoms with van der Waals surface area (Å²) in [5, 5.41) is 9.68. The minimum Gasteiger partial charge on any atom is -0.444 e. The van der Waals surface area contributed by atoms with Gasteiger partial charge in [0.1, 0.15) is 12.1 Å². The van der Waals surface area contributed by atoms with E-state index in [-0.39, 0.29) is 25.1 Å². The molecule has 1 aromatic rings. The highest BCUT2D eigenvalue weighted by Crippen LogP contribution is 2.23. The van der Waals surface area contributed by atoms with Gasteiger partial charge in [-0.15, -0.1) is 0 Å². The minimum atomic E-state index is -0.588. The first-order valence-electron chi connectivity index (χ1n) is 7.75. The summed E-state index contributed by atoms with van der Waals surface area (Å²) < 4.78 is 5.30. The van der Waals surface area contributed by atoms with Crippen molar-refractivity contribution < 1.29 is 19.4 Å². The first-order valence-corrected chi connectivity index (χ1v) is 7.75. The summed E-state index contributed by atoms with van der Waals surface area (Å²) >= 11 is 0. The Bertz CT molecular complexity index is 553. The van der Waals surface area contributed by atoms with Gasteiger partial charge in [-0.3, -0.25) is 9.69 Å². The molecule has 0 spiro atoms. The molecule has 0 aliphatic carbocycles. The van der Waals surface area contributed by atoms with Crippen LogP contribution in [0.4, 0.5) is 4.79 Å². The number of ether oxygens (including phenoxy) is 1. The fourth-order valence-corrected chi connectivity index (χ4v) is 2.56. The molecular weight excluding hydrogens is 296 g/mol. The van der Waals surface area contributed by atoms with Crippen LogP contribution in [0.25, 0.3) is 0 Å². The van der Waals surface area contributed by atoms with E-state index in [0.29, 0.717) is 13.1 Å². The summed E-state index contributed by atoms with van der Waals surface area (Å²) in [6, 6.07) is 9.02. The molecule has 1 aliphatic rings. The predicted molar refractivity (Wildman–Crippen MR) is 85.8 cm³/mol. The third kappa shape index (κ3) is 4.45. The van der Waals surface area contributed by atoms with Gasteiger partial charge in [-0.2, -0.15) is 0 Å². The lowest BCUT2D eigenvalue weighted by Crippen LogP contribution is -2.54. The second kappa shape index (κ2) is 7.00. The van der Waals surface area contributed by atoms with Crippen LogP contribution in [0.3, 0.4) is 0 Å². The number of hydrogen-bond donors (Lipinski definition) is 1. The Hall–Kier alpha value is -2.08. The molecule has 2 rings (SSSR count). The summed E-state index contributed by atoms with van der Waals surface area (Å²) in [5.74, 6) is -0.190. The second-order valence-electron chi connectivity index (χ2n) is 6.60. The Morgan fingerprint density at radius 1 is 1.26 bits per heavy atom. The molecule has 6 heteroatoms. The molecule has 1 fully saturated rings. The van der Waals surface area contributed by atoms with Gasteiger partial charge in [-0.25, -0.2) is 4.79 Å². The molecule has 1 aromatic carbocycles. The van der Waals surface area contributed by atoms with E-state index < -0.39 is 11.7 Å². The van der Waals surface area contributed by atoms with Crippen LogP contribution in [-0.2, 0) is 9.53 Å². The Balaban J connectivity index is 2.04. The first-order chi connectivity index (χ1) is 10.8. The van der Waals surface area contributed by atoms with Gasteiger partial charge in [0.2, 0.25) is 5.91 Å². The molecule has 0 aromatic heterocycles. The Morgan fingerprint density at radius 3 is 2.43 bits per heavy atom. The van der Waals surface area contributed by atoms with E-state index in [1.54, 1.807) is 25.7 Å². The second-order valence-corrected chi connectivity index (χ2v) is 6.60. The number of aliphatic hydroxyl groups is 1. The van der Waals surface area contributed by atoms with Crippen molar-refractivity contribution in [3.05, 3.63) is 35.9 Å². The zero-order chi connectivity index (χ0) is 17.0. The first kappa shape index (κ1) is 17.3. The highest BCUT2D eigenvalue weighted by Gasteiger charge is 2.33. The fraction of sp³-hybridized carbons (Fsp3) is 0.529. The molecule has 6 nitrogen and oxygen atoms in total. The van der Waals surface area contributed by atoms with E-state index in [0.717, 1.165) is 5.56 Å². The fourth-order valence-electron chi connectivity index (χ4n) is 2.56. The van der Waals surface area contributed by atoms with Crippen LogP contribution in [0.1, 0.15) is 32.4 Å². The summed E-state index contributed by atoms with van der Waals surface area (Å²) in [5.41, 5.74) is 0.295. The van der Waals surface area contributed by atoms with Gasteiger partial charge >= 0.3 is 6.09 Å². The number of aliphatic hydroxyl groups excluding tert-OH is 1. The smallest absolute Gasteiger partial charge is 0.410 e. The van der Waals surface area contributed by atoms with Gasteiger partial charge in [-0.1, -0.05) is 30.3 Å². The summed E-state index contributed by atoms with van der Waals surface area (Å²) in [7, 11) is 0. The largest absolute Gasteiger partial charge is 0.444 e. The van der Waals surface area contributed by atoms with Crippen molar-refractivity contribution in [1.82, 2.24) is 9.80 Å². The number of benzene rings is 1. The number of nitrogens with zero attached hydrogens (tertiary/aromatic N) is 2. The SMILES string of the molecule is CC(C)(C)OC(=O)N1CCN(C(CO)c2ccccc2)C(=O)C1. The molecule has 126 valence electrons. The standard InChI is InChI=1S/C17H24N2O4/c1-17(2,3)23-16(22)18-9-10-19(15(21)11-18)14(12-20)13-7-5-4-6-8-13/h4-8,14,20H,9-12H2,1-3H3. The van der Waals surface area contributed by atoms with Crippen LogP contribution in [0, 0.1) is 0 Å². The van der Waals surface area contributed by atoms with Crippen molar-refractivity contribution in [1.29, 1.82) is 0 Å². The van der Waals surface area contributed by atoms with E-state index >= 15 is 0 Å². The van der Waals surface area contributed by atoms with Gasteiger partial charge in [0.15, 0.2) is 0 Å². The monoisotopic (exact) mass is 320 g/mol. The van der Waals surface area contributed by atoms with Crippen LogP contribution in [0.15, 0.2) is 30.3 Å². The van der Waals surface area contributed by atoms with Crippen LogP contribution in [0.2, 0.25) is 0 Å². The predicted octanol–water partition coefficient (Wildman–Crippen LogP) is 1.80. The number of rotatable bonds is 3. The Morgan fingerprint density at radius 2 is 1.91 bits per heavy atom. The maximum Gasteiger partial charge on any atom is 0.410 e. The molecule has 0 saturated carbocycles. The lowest BCUT2D eigenvalue weighted by Gasteiger charge is -2.38. The van der Waals surface area contributed by atoms with E-state index in [1.807, 2.05) is 30.3 Å². The number of amides is 2. The van der Waals surface area contributed by atoms with Gasteiger partial charge in [0.25, 0.3) is 0 Å². The van der Waals surface area contributed by atoms with Crippen molar-refractivity contribution in [3.8, 4) is 0 Å². The number of carbonyl (C=O) groups excluding carboxylic acids is 2. The average molecular weight is 320 g/mol. The van der Waals surface area contributed by atoms with Crippen LogP contribution in [-0.4, -0.2) is 58.7 Å². The molecule has 1 N–H and O–H groups in total. The zero-order valence-electron chi connectivity index (χ0n) is 13.9. The molecule has 1 heterocycles. The Kier molecular flexibility index (Phi) is 5.26. The number of carbonyl (C=O) groups is 2. The molecule has 1 aliphatic heterocycles. The van der Waals surface area contributed by atoms with Gasteiger partial charge in [0.05, 0.1) is 12.6 Å². The molecule has 1 unspecified atom stereocenters. The van der Waals surface area contributed by atoms with Gasteiger partial charge in [-0.05, 0) is 26.3 Å². The van der Waals surface area contributed by atoms with Crippen molar-refractivity contribution in [3.63, 3.8) is 0 Å². The third-order valence-electron chi connectivity index (χ3n) is 3.64. The van der Waals surface area contributed by atoms with Crippen molar-refractivity contribution >= 4 is 12.0 Å². The van der Waals surface area contributed by atoms with Crippen LogP contribution < -0.4 is 0 Å². The molecule has 2 amide bonds. The maximum atomic E-state index is 12.4. The molecule has 1 atom stereocenters. The maximum absolute atomic E-state index is 12.4.